The van der Waals surface area contributed by atoms with Crippen LogP contribution in [-0.2, 0) is 11.3 Å². The van der Waals surface area contributed by atoms with E-state index in [0.717, 1.165) is 45.0 Å². The van der Waals surface area contributed by atoms with E-state index in [0.29, 0.717) is 12.0 Å². The molecule has 1 aromatic heterocycles. The number of aromatic nitrogens is 1. The summed E-state index contributed by atoms with van der Waals surface area (Å²) in [5, 5.41) is 3.44. The zero-order valence-corrected chi connectivity index (χ0v) is 12.9. The summed E-state index contributed by atoms with van der Waals surface area (Å²) < 4.78 is 5.41. The van der Waals surface area contributed by atoms with Crippen molar-refractivity contribution in [2.45, 2.75) is 39.3 Å². The Labute approximate surface area is 122 Å². The fourth-order valence-electron chi connectivity index (χ4n) is 2.49. The van der Waals surface area contributed by atoms with Crippen LogP contribution < -0.4 is 10.2 Å². The predicted molar refractivity (Wildman–Crippen MR) is 83.0 cm³/mol. The Kier molecular flexibility index (Phi) is 5.80. The molecule has 4 nitrogen and oxygen atoms in total. The first-order valence-electron chi connectivity index (χ1n) is 7.63. The van der Waals surface area contributed by atoms with Gasteiger partial charge in [-0.1, -0.05) is 19.9 Å². The number of anilines is 1. The van der Waals surface area contributed by atoms with E-state index in [-0.39, 0.29) is 0 Å². The number of nitrogens with zero attached hydrogens (tertiary/aromatic N) is 2. The molecule has 0 spiro atoms. The first-order chi connectivity index (χ1) is 9.66. The molecule has 4 heteroatoms. The van der Waals surface area contributed by atoms with Gasteiger partial charge in [-0.3, -0.25) is 0 Å². The van der Waals surface area contributed by atoms with Crippen LogP contribution in [0.3, 0.4) is 0 Å². The predicted octanol–water partition coefficient (Wildman–Crippen LogP) is 2.44. The van der Waals surface area contributed by atoms with E-state index in [4.69, 9.17) is 4.74 Å². The molecule has 2 rings (SSSR count). The Morgan fingerprint density at radius 1 is 1.35 bits per heavy atom. The summed E-state index contributed by atoms with van der Waals surface area (Å²) in [7, 11) is 2.13. The molecule has 0 aliphatic carbocycles. The third-order valence-electron chi connectivity index (χ3n) is 3.79. The van der Waals surface area contributed by atoms with Gasteiger partial charge < -0.3 is 15.0 Å². The van der Waals surface area contributed by atoms with E-state index in [9.17, 15) is 0 Å². The van der Waals surface area contributed by atoms with Crippen molar-refractivity contribution >= 4 is 5.82 Å². The van der Waals surface area contributed by atoms with Gasteiger partial charge in [-0.2, -0.15) is 0 Å². The summed E-state index contributed by atoms with van der Waals surface area (Å²) in [5.74, 6) is 1.74. The van der Waals surface area contributed by atoms with Gasteiger partial charge in [0.05, 0.1) is 0 Å². The summed E-state index contributed by atoms with van der Waals surface area (Å²) in [5.41, 5.74) is 1.25. The van der Waals surface area contributed by atoms with Gasteiger partial charge in [0.15, 0.2) is 0 Å². The lowest BCUT2D eigenvalue weighted by Crippen LogP contribution is -2.37. The van der Waals surface area contributed by atoms with Crippen LogP contribution in [0.25, 0.3) is 0 Å². The maximum absolute atomic E-state index is 5.41. The van der Waals surface area contributed by atoms with Crippen LogP contribution in [0.1, 0.15) is 32.3 Å². The van der Waals surface area contributed by atoms with E-state index in [1.54, 1.807) is 0 Å². The highest BCUT2D eigenvalue weighted by Crippen LogP contribution is 2.19. The van der Waals surface area contributed by atoms with E-state index in [2.05, 4.69) is 48.2 Å². The van der Waals surface area contributed by atoms with E-state index in [1.807, 2.05) is 6.20 Å². The molecule has 1 aromatic rings. The minimum absolute atomic E-state index is 0.557. The molecule has 2 heterocycles. The van der Waals surface area contributed by atoms with Crippen LogP contribution in [0.5, 0.6) is 0 Å². The van der Waals surface area contributed by atoms with E-state index >= 15 is 0 Å². The summed E-state index contributed by atoms with van der Waals surface area (Å²) in [6.07, 6.45) is 4.17. The molecule has 1 fully saturated rings. The summed E-state index contributed by atoms with van der Waals surface area (Å²) in [4.78, 5) is 6.88. The molecule has 0 atom stereocenters. The van der Waals surface area contributed by atoms with Crippen molar-refractivity contribution in [3.63, 3.8) is 0 Å². The summed E-state index contributed by atoms with van der Waals surface area (Å²) in [6, 6.07) is 4.86. The molecule has 112 valence electrons. The van der Waals surface area contributed by atoms with Crippen molar-refractivity contribution in [3.8, 4) is 0 Å². The Morgan fingerprint density at radius 2 is 2.10 bits per heavy atom. The second-order valence-corrected chi connectivity index (χ2v) is 6.00. The number of hydrogen-bond acceptors (Lipinski definition) is 4. The summed E-state index contributed by atoms with van der Waals surface area (Å²) >= 11 is 0. The monoisotopic (exact) mass is 277 g/mol. The number of hydrogen-bond donors (Lipinski definition) is 1. The van der Waals surface area contributed by atoms with Gasteiger partial charge in [0.1, 0.15) is 5.82 Å². The van der Waals surface area contributed by atoms with Crippen LogP contribution in [0.2, 0.25) is 0 Å². The quantitative estimate of drug-likeness (QED) is 0.866. The third kappa shape index (κ3) is 4.46. The van der Waals surface area contributed by atoms with E-state index < -0.39 is 0 Å². The molecule has 0 radical (unpaired) electrons. The highest BCUT2D eigenvalue weighted by molar-refractivity contribution is 5.39. The molecule has 20 heavy (non-hydrogen) atoms. The maximum Gasteiger partial charge on any atom is 0.128 e. The molecule has 0 saturated carbocycles. The SMILES string of the molecule is CC(C)CNCc1ccc(N(C)C2CCOCC2)nc1. The van der Waals surface area contributed by atoms with Gasteiger partial charge in [-0.05, 0) is 36.9 Å². The molecule has 0 bridgehead atoms. The van der Waals surface area contributed by atoms with Gasteiger partial charge in [-0.15, -0.1) is 0 Å². The lowest BCUT2D eigenvalue weighted by molar-refractivity contribution is 0.0853. The zero-order valence-electron chi connectivity index (χ0n) is 12.9. The molecule has 1 aliphatic heterocycles. The van der Waals surface area contributed by atoms with Gasteiger partial charge >= 0.3 is 0 Å². The fraction of sp³-hybridized carbons (Fsp3) is 0.688. The topological polar surface area (TPSA) is 37.4 Å². The van der Waals surface area contributed by atoms with Crippen molar-refractivity contribution in [2.75, 3.05) is 31.7 Å². The van der Waals surface area contributed by atoms with Crippen molar-refractivity contribution in [1.82, 2.24) is 10.3 Å². The van der Waals surface area contributed by atoms with Gasteiger partial charge in [0, 0.05) is 39.0 Å². The number of rotatable bonds is 6. The average molecular weight is 277 g/mol. The van der Waals surface area contributed by atoms with Crippen LogP contribution in [0.4, 0.5) is 5.82 Å². The second-order valence-electron chi connectivity index (χ2n) is 6.00. The Hall–Kier alpha value is -1.13. The highest BCUT2D eigenvalue weighted by atomic mass is 16.5. The molecular weight excluding hydrogens is 250 g/mol. The summed E-state index contributed by atoms with van der Waals surface area (Å²) in [6.45, 7) is 8.11. The Balaban J connectivity index is 1.86. The largest absolute Gasteiger partial charge is 0.381 e. The Morgan fingerprint density at radius 3 is 2.70 bits per heavy atom. The highest BCUT2D eigenvalue weighted by Gasteiger charge is 2.19. The van der Waals surface area contributed by atoms with Crippen LogP contribution in [0.15, 0.2) is 18.3 Å². The minimum Gasteiger partial charge on any atom is -0.381 e. The smallest absolute Gasteiger partial charge is 0.128 e. The average Bonchev–Trinajstić information content (AvgIpc) is 2.48. The number of nitrogens with one attached hydrogen (secondary N) is 1. The van der Waals surface area contributed by atoms with Crippen molar-refractivity contribution in [2.24, 2.45) is 5.92 Å². The van der Waals surface area contributed by atoms with Gasteiger partial charge in [0.25, 0.3) is 0 Å². The van der Waals surface area contributed by atoms with Gasteiger partial charge in [0.2, 0.25) is 0 Å². The third-order valence-corrected chi connectivity index (χ3v) is 3.79. The van der Waals surface area contributed by atoms with Crippen LogP contribution >= 0.6 is 0 Å². The zero-order chi connectivity index (χ0) is 14.4. The maximum atomic E-state index is 5.41. The molecule has 1 N–H and O–H groups in total. The first kappa shape index (κ1) is 15.3. The lowest BCUT2D eigenvalue weighted by Gasteiger charge is -2.32. The normalized spacial score (nSPS) is 16.6. The van der Waals surface area contributed by atoms with Crippen LogP contribution in [-0.4, -0.2) is 37.8 Å². The second kappa shape index (κ2) is 7.60. The van der Waals surface area contributed by atoms with E-state index in [1.165, 1.54) is 5.56 Å². The van der Waals surface area contributed by atoms with Crippen molar-refractivity contribution in [1.29, 1.82) is 0 Å². The molecule has 0 unspecified atom stereocenters. The molecule has 1 saturated heterocycles. The molecule has 0 amide bonds. The standard InChI is InChI=1S/C16H27N3O/c1-13(2)10-17-11-14-4-5-16(18-12-14)19(3)15-6-8-20-9-7-15/h4-5,12-13,15,17H,6-11H2,1-3H3. The van der Waals surface area contributed by atoms with Crippen molar-refractivity contribution in [3.05, 3.63) is 23.9 Å². The lowest BCUT2D eigenvalue weighted by atomic mass is 10.1. The number of pyridine rings is 1. The molecule has 0 aromatic carbocycles. The number of ether oxygens (including phenoxy) is 1. The van der Waals surface area contributed by atoms with Gasteiger partial charge in [-0.25, -0.2) is 4.98 Å². The first-order valence-corrected chi connectivity index (χ1v) is 7.63. The Bertz CT molecular complexity index is 385. The van der Waals surface area contributed by atoms with Crippen LogP contribution in [0, 0.1) is 5.92 Å². The fourth-order valence-corrected chi connectivity index (χ4v) is 2.49. The molecule has 1 aliphatic rings. The van der Waals surface area contributed by atoms with Crippen molar-refractivity contribution < 1.29 is 4.74 Å². The minimum atomic E-state index is 0.557. The molecular formula is C16H27N3O.